The summed E-state index contributed by atoms with van der Waals surface area (Å²) in [5.41, 5.74) is 0. The molecular weight excluding hydrogens is 154 g/mol. The lowest BCUT2D eigenvalue weighted by Crippen LogP contribution is -2.18. The first-order valence-electron chi connectivity index (χ1n) is 3.28. The zero-order valence-electron chi connectivity index (χ0n) is 6.43. The second-order valence-electron chi connectivity index (χ2n) is 2.56. The highest BCUT2D eigenvalue weighted by molar-refractivity contribution is 6.01. The van der Waals surface area contributed by atoms with Gasteiger partial charge in [0.25, 0.3) is 6.43 Å². The van der Waals surface area contributed by atoms with E-state index >= 15 is 0 Å². The highest BCUT2D eigenvalue weighted by Gasteiger charge is 2.20. The standard InChI is InChI=1S/C7H10F2O2/c1-4(2)5(10)3-6(11)7(8)9/h4,7H,3H2,1-2H3. The Balaban J connectivity index is 3.86. The molecule has 0 aromatic carbocycles. The van der Waals surface area contributed by atoms with Crippen LogP contribution >= 0.6 is 0 Å². The lowest BCUT2D eigenvalue weighted by Gasteiger charge is -2.01. The van der Waals surface area contributed by atoms with Gasteiger partial charge in [-0.1, -0.05) is 13.8 Å². The van der Waals surface area contributed by atoms with Crippen molar-refractivity contribution >= 4 is 11.6 Å². The van der Waals surface area contributed by atoms with Crippen LogP contribution in [0.3, 0.4) is 0 Å². The lowest BCUT2D eigenvalue weighted by atomic mass is 10.0. The largest absolute Gasteiger partial charge is 0.299 e. The average Bonchev–Trinajstić information content (AvgIpc) is 1.87. The summed E-state index contributed by atoms with van der Waals surface area (Å²) >= 11 is 0. The molecule has 0 radical (unpaired) electrons. The van der Waals surface area contributed by atoms with Crippen molar-refractivity contribution in [1.29, 1.82) is 0 Å². The first-order valence-corrected chi connectivity index (χ1v) is 3.28. The van der Waals surface area contributed by atoms with Crippen molar-refractivity contribution in [2.24, 2.45) is 5.92 Å². The van der Waals surface area contributed by atoms with E-state index in [2.05, 4.69) is 0 Å². The van der Waals surface area contributed by atoms with Crippen LogP contribution in [-0.2, 0) is 9.59 Å². The van der Waals surface area contributed by atoms with E-state index in [1.807, 2.05) is 0 Å². The van der Waals surface area contributed by atoms with Crippen molar-refractivity contribution < 1.29 is 18.4 Å². The third-order valence-corrected chi connectivity index (χ3v) is 1.24. The maximum atomic E-state index is 11.6. The number of alkyl halides is 2. The molecule has 0 aromatic heterocycles. The number of carbonyl (C=O) groups excluding carboxylic acids is 2. The zero-order chi connectivity index (χ0) is 9.02. The second kappa shape index (κ2) is 4.16. The summed E-state index contributed by atoms with van der Waals surface area (Å²) in [6, 6.07) is 0. The SMILES string of the molecule is CC(C)C(=O)CC(=O)C(F)F. The molecule has 0 aliphatic heterocycles. The molecule has 4 heteroatoms. The van der Waals surface area contributed by atoms with Gasteiger partial charge in [0.2, 0.25) is 5.78 Å². The van der Waals surface area contributed by atoms with Gasteiger partial charge in [0, 0.05) is 5.92 Å². The summed E-state index contributed by atoms with van der Waals surface area (Å²) in [6.07, 6.45) is -3.66. The van der Waals surface area contributed by atoms with Gasteiger partial charge in [0.05, 0.1) is 6.42 Å². The smallest absolute Gasteiger partial charge is 0.296 e. The number of ketones is 2. The summed E-state index contributed by atoms with van der Waals surface area (Å²) in [5.74, 6) is -2.07. The molecule has 0 heterocycles. The summed E-state index contributed by atoms with van der Waals surface area (Å²) in [5, 5.41) is 0. The van der Waals surface area contributed by atoms with Crippen molar-refractivity contribution in [3.8, 4) is 0 Å². The molecule has 64 valence electrons. The molecule has 0 unspecified atom stereocenters. The number of Topliss-reactive ketones (excluding diaryl/α,β-unsaturated/α-hetero) is 2. The van der Waals surface area contributed by atoms with Gasteiger partial charge in [0.1, 0.15) is 5.78 Å². The predicted molar refractivity (Wildman–Crippen MR) is 35.5 cm³/mol. The van der Waals surface area contributed by atoms with E-state index in [1.165, 1.54) is 0 Å². The van der Waals surface area contributed by atoms with Gasteiger partial charge in [0.15, 0.2) is 0 Å². The third-order valence-electron chi connectivity index (χ3n) is 1.24. The molecule has 0 amide bonds. The Morgan fingerprint density at radius 2 is 1.64 bits per heavy atom. The fourth-order valence-corrected chi connectivity index (χ4v) is 0.453. The molecule has 0 aliphatic rings. The van der Waals surface area contributed by atoms with Crippen LogP contribution in [0.5, 0.6) is 0 Å². The summed E-state index contributed by atoms with van der Waals surface area (Å²) in [6.45, 7) is 3.14. The molecule has 0 N–H and O–H groups in total. The maximum Gasteiger partial charge on any atom is 0.296 e. The van der Waals surface area contributed by atoms with E-state index in [9.17, 15) is 18.4 Å². The summed E-state index contributed by atoms with van der Waals surface area (Å²) in [7, 11) is 0. The number of rotatable bonds is 4. The summed E-state index contributed by atoms with van der Waals surface area (Å²) < 4.78 is 23.1. The molecular formula is C7H10F2O2. The number of halogens is 2. The highest BCUT2D eigenvalue weighted by Crippen LogP contribution is 2.04. The normalized spacial score (nSPS) is 10.7. The van der Waals surface area contributed by atoms with Gasteiger partial charge in [-0.2, -0.15) is 0 Å². The van der Waals surface area contributed by atoms with Gasteiger partial charge in [-0.05, 0) is 0 Å². The van der Waals surface area contributed by atoms with E-state index in [-0.39, 0.29) is 5.92 Å². The number of hydrogen-bond donors (Lipinski definition) is 0. The Hall–Kier alpha value is -0.800. The van der Waals surface area contributed by atoms with E-state index in [0.29, 0.717) is 0 Å². The van der Waals surface area contributed by atoms with Gasteiger partial charge in [-0.15, -0.1) is 0 Å². The molecule has 0 fully saturated rings. The van der Waals surface area contributed by atoms with Crippen molar-refractivity contribution in [1.82, 2.24) is 0 Å². The molecule has 0 aliphatic carbocycles. The average molecular weight is 164 g/mol. The summed E-state index contributed by atoms with van der Waals surface area (Å²) in [4.78, 5) is 21.0. The molecule has 0 atom stereocenters. The minimum absolute atomic E-state index is 0.349. The first-order chi connectivity index (χ1) is 4.95. The van der Waals surface area contributed by atoms with E-state index < -0.39 is 24.4 Å². The van der Waals surface area contributed by atoms with E-state index in [0.717, 1.165) is 0 Å². The Morgan fingerprint density at radius 3 is 1.91 bits per heavy atom. The number of carbonyl (C=O) groups is 2. The van der Waals surface area contributed by atoms with Gasteiger partial charge in [-0.3, -0.25) is 9.59 Å². The van der Waals surface area contributed by atoms with Gasteiger partial charge >= 0.3 is 0 Å². The van der Waals surface area contributed by atoms with Crippen molar-refractivity contribution in [2.45, 2.75) is 26.7 Å². The lowest BCUT2D eigenvalue weighted by molar-refractivity contribution is -0.135. The van der Waals surface area contributed by atoms with E-state index in [4.69, 9.17) is 0 Å². The number of hydrogen-bond acceptors (Lipinski definition) is 2. The molecule has 11 heavy (non-hydrogen) atoms. The van der Waals surface area contributed by atoms with Crippen LogP contribution in [0.1, 0.15) is 20.3 Å². The van der Waals surface area contributed by atoms with Crippen molar-refractivity contribution in [3.05, 3.63) is 0 Å². The second-order valence-corrected chi connectivity index (χ2v) is 2.56. The molecule has 0 aromatic rings. The van der Waals surface area contributed by atoms with Crippen LogP contribution < -0.4 is 0 Å². The Morgan fingerprint density at radius 1 is 1.18 bits per heavy atom. The molecule has 0 rings (SSSR count). The Bertz CT molecular complexity index is 146. The first kappa shape index (κ1) is 10.2. The highest BCUT2D eigenvalue weighted by atomic mass is 19.3. The minimum Gasteiger partial charge on any atom is -0.299 e. The van der Waals surface area contributed by atoms with Crippen LogP contribution in [0.25, 0.3) is 0 Å². The molecule has 0 bridgehead atoms. The van der Waals surface area contributed by atoms with Crippen LogP contribution in [0, 0.1) is 5.92 Å². The monoisotopic (exact) mass is 164 g/mol. The Kier molecular flexibility index (Phi) is 3.85. The van der Waals surface area contributed by atoms with Crippen LogP contribution in [0.2, 0.25) is 0 Å². The Labute approximate surface area is 63.6 Å². The van der Waals surface area contributed by atoms with Crippen molar-refractivity contribution in [3.63, 3.8) is 0 Å². The maximum absolute atomic E-state index is 11.6. The quantitative estimate of drug-likeness (QED) is 0.589. The topological polar surface area (TPSA) is 34.1 Å². The van der Waals surface area contributed by atoms with Crippen LogP contribution in [0.15, 0.2) is 0 Å². The molecule has 0 spiro atoms. The van der Waals surface area contributed by atoms with Crippen molar-refractivity contribution in [2.75, 3.05) is 0 Å². The van der Waals surface area contributed by atoms with E-state index in [1.54, 1.807) is 13.8 Å². The van der Waals surface area contributed by atoms with Crippen LogP contribution in [0.4, 0.5) is 8.78 Å². The fraction of sp³-hybridized carbons (Fsp3) is 0.714. The zero-order valence-corrected chi connectivity index (χ0v) is 6.43. The minimum atomic E-state index is -3.02. The fourth-order valence-electron chi connectivity index (χ4n) is 0.453. The third kappa shape index (κ3) is 3.80. The van der Waals surface area contributed by atoms with Gasteiger partial charge in [-0.25, -0.2) is 8.78 Å². The predicted octanol–water partition coefficient (Wildman–Crippen LogP) is 1.44. The molecule has 0 saturated heterocycles. The van der Waals surface area contributed by atoms with Crippen LogP contribution in [-0.4, -0.2) is 18.0 Å². The molecule has 0 saturated carbocycles. The van der Waals surface area contributed by atoms with Gasteiger partial charge < -0.3 is 0 Å². The molecule has 2 nitrogen and oxygen atoms in total.